The normalized spacial score (nSPS) is 20.0. The summed E-state index contributed by atoms with van der Waals surface area (Å²) in [5.41, 5.74) is 7.60. The number of likely N-dealkylation sites (tertiary alicyclic amines) is 1. The Bertz CT molecular complexity index is 450. The smallest absolute Gasteiger partial charge is 0.127 e. The summed E-state index contributed by atoms with van der Waals surface area (Å²) in [5, 5.41) is 0. The van der Waals surface area contributed by atoms with Crippen LogP contribution in [-0.4, -0.2) is 37.7 Å². The number of hydrogen-bond donors (Lipinski definition) is 1. The van der Waals surface area contributed by atoms with Crippen LogP contribution in [0.5, 0.6) is 11.5 Å². The maximum atomic E-state index is 6.71. The average Bonchev–Trinajstić information content (AvgIpc) is 3.07. The van der Waals surface area contributed by atoms with Gasteiger partial charge in [0.05, 0.1) is 25.8 Å². The van der Waals surface area contributed by atoms with Crippen LogP contribution in [0.2, 0.25) is 0 Å². The first-order valence-electron chi connectivity index (χ1n) is 7.80. The topological polar surface area (TPSA) is 47.7 Å². The number of nitrogens with two attached hydrogens (primary N) is 1. The largest absolute Gasteiger partial charge is 0.496 e. The molecule has 21 heavy (non-hydrogen) atoms. The lowest BCUT2D eigenvalue weighted by Gasteiger charge is -2.43. The van der Waals surface area contributed by atoms with E-state index in [2.05, 4.69) is 18.7 Å². The molecule has 0 aliphatic carbocycles. The lowest BCUT2D eigenvalue weighted by Crippen LogP contribution is -2.52. The van der Waals surface area contributed by atoms with Crippen molar-refractivity contribution < 1.29 is 9.47 Å². The van der Waals surface area contributed by atoms with Crippen LogP contribution in [0.15, 0.2) is 18.2 Å². The van der Waals surface area contributed by atoms with Crippen molar-refractivity contribution in [3.8, 4) is 11.5 Å². The van der Waals surface area contributed by atoms with E-state index in [0.29, 0.717) is 0 Å². The van der Waals surface area contributed by atoms with Gasteiger partial charge in [-0.3, -0.25) is 4.90 Å². The summed E-state index contributed by atoms with van der Waals surface area (Å²) < 4.78 is 11.1. The molecule has 2 atom stereocenters. The van der Waals surface area contributed by atoms with Crippen LogP contribution >= 0.6 is 0 Å². The van der Waals surface area contributed by atoms with E-state index in [9.17, 15) is 0 Å². The number of rotatable bonds is 6. The molecule has 2 unspecified atom stereocenters. The van der Waals surface area contributed by atoms with Crippen LogP contribution in [0.1, 0.15) is 44.7 Å². The highest BCUT2D eigenvalue weighted by molar-refractivity contribution is 5.48. The Morgan fingerprint density at radius 2 is 1.71 bits per heavy atom. The first-order valence-corrected chi connectivity index (χ1v) is 7.80. The molecule has 1 aromatic carbocycles. The lowest BCUT2D eigenvalue weighted by molar-refractivity contribution is 0.0978. The third-order valence-corrected chi connectivity index (χ3v) is 4.99. The molecule has 1 heterocycles. The molecule has 1 aromatic rings. The molecule has 0 radical (unpaired) electrons. The molecule has 1 saturated heterocycles. The van der Waals surface area contributed by atoms with Crippen LogP contribution in [0, 0.1) is 0 Å². The van der Waals surface area contributed by atoms with Gasteiger partial charge in [-0.25, -0.2) is 0 Å². The Morgan fingerprint density at radius 1 is 1.19 bits per heavy atom. The van der Waals surface area contributed by atoms with Crippen molar-refractivity contribution in [3.05, 3.63) is 23.8 Å². The first-order chi connectivity index (χ1) is 10.1. The van der Waals surface area contributed by atoms with Gasteiger partial charge in [-0.1, -0.05) is 13.0 Å². The molecule has 0 saturated carbocycles. The van der Waals surface area contributed by atoms with E-state index in [1.807, 2.05) is 18.2 Å². The molecule has 0 bridgehead atoms. The standard InChI is InChI=1S/C17H28N2O2/c1-5-17(2,19-11-6-7-12-19)16(18)15-13(20-3)9-8-10-14(15)21-4/h8-10,16H,5-7,11-12,18H2,1-4H3. The van der Waals surface area contributed by atoms with E-state index in [4.69, 9.17) is 15.2 Å². The van der Waals surface area contributed by atoms with E-state index in [-0.39, 0.29) is 11.6 Å². The minimum atomic E-state index is -0.147. The predicted molar refractivity (Wildman–Crippen MR) is 86.0 cm³/mol. The van der Waals surface area contributed by atoms with Gasteiger partial charge in [0.25, 0.3) is 0 Å². The molecule has 118 valence electrons. The zero-order chi connectivity index (χ0) is 15.5. The van der Waals surface area contributed by atoms with Gasteiger partial charge < -0.3 is 15.2 Å². The molecule has 4 heteroatoms. The fourth-order valence-electron chi connectivity index (χ4n) is 3.37. The van der Waals surface area contributed by atoms with Gasteiger partial charge in [0.15, 0.2) is 0 Å². The number of methoxy groups -OCH3 is 2. The third-order valence-electron chi connectivity index (χ3n) is 4.99. The van der Waals surface area contributed by atoms with Crippen molar-refractivity contribution in [3.63, 3.8) is 0 Å². The summed E-state index contributed by atoms with van der Waals surface area (Å²) in [7, 11) is 3.37. The highest BCUT2D eigenvalue weighted by atomic mass is 16.5. The van der Waals surface area contributed by atoms with Crippen LogP contribution in [-0.2, 0) is 0 Å². The lowest BCUT2D eigenvalue weighted by atomic mass is 9.83. The average molecular weight is 292 g/mol. The monoisotopic (exact) mass is 292 g/mol. The minimum absolute atomic E-state index is 0.0849. The maximum absolute atomic E-state index is 6.71. The highest BCUT2D eigenvalue weighted by Crippen LogP contribution is 2.42. The molecule has 4 nitrogen and oxygen atoms in total. The second kappa shape index (κ2) is 6.67. The Morgan fingerprint density at radius 3 is 2.14 bits per heavy atom. The molecule has 0 spiro atoms. The third kappa shape index (κ3) is 2.87. The molecular formula is C17H28N2O2. The van der Waals surface area contributed by atoms with Crippen molar-refractivity contribution in [2.45, 2.75) is 44.7 Å². The van der Waals surface area contributed by atoms with Crippen molar-refractivity contribution in [2.24, 2.45) is 5.73 Å². The molecule has 0 aromatic heterocycles. The van der Waals surface area contributed by atoms with Gasteiger partial charge in [0.2, 0.25) is 0 Å². The number of ether oxygens (including phenoxy) is 2. The fraction of sp³-hybridized carbons (Fsp3) is 0.647. The Hall–Kier alpha value is -1.26. The van der Waals surface area contributed by atoms with Crippen molar-refractivity contribution in [2.75, 3.05) is 27.3 Å². The Kier molecular flexibility index (Phi) is 5.12. The van der Waals surface area contributed by atoms with Gasteiger partial charge in [0, 0.05) is 5.54 Å². The number of benzene rings is 1. The molecule has 0 amide bonds. The zero-order valence-electron chi connectivity index (χ0n) is 13.7. The van der Waals surface area contributed by atoms with E-state index in [0.717, 1.165) is 36.6 Å². The van der Waals surface area contributed by atoms with Crippen molar-refractivity contribution >= 4 is 0 Å². The SMILES string of the molecule is CCC(C)(C(N)c1c(OC)cccc1OC)N1CCCC1. The molecular weight excluding hydrogens is 264 g/mol. The first kappa shape index (κ1) is 16.1. The second-order valence-corrected chi connectivity index (χ2v) is 5.96. The fourth-order valence-corrected chi connectivity index (χ4v) is 3.37. The van der Waals surface area contributed by atoms with E-state index >= 15 is 0 Å². The molecule has 2 rings (SSSR count). The predicted octanol–water partition coefficient (Wildman–Crippen LogP) is 2.97. The Labute approximate surface area is 128 Å². The zero-order valence-corrected chi connectivity index (χ0v) is 13.7. The van der Waals surface area contributed by atoms with E-state index in [1.165, 1.54) is 12.8 Å². The summed E-state index contributed by atoms with van der Waals surface area (Å²) in [6.45, 7) is 6.71. The van der Waals surface area contributed by atoms with Crippen molar-refractivity contribution in [1.29, 1.82) is 0 Å². The van der Waals surface area contributed by atoms with E-state index in [1.54, 1.807) is 14.2 Å². The molecule has 1 aliphatic heterocycles. The van der Waals surface area contributed by atoms with Crippen molar-refractivity contribution in [1.82, 2.24) is 4.90 Å². The Balaban J connectivity index is 2.43. The van der Waals surface area contributed by atoms with Gasteiger partial charge in [-0.15, -0.1) is 0 Å². The summed E-state index contributed by atoms with van der Waals surface area (Å²) >= 11 is 0. The molecule has 1 aliphatic rings. The van der Waals surface area contributed by atoms with Gasteiger partial charge >= 0.3 is 0 Å². The van der Waals surface area contributed by atoms with Gasteiger partial charge in [0.1, 0.15) is 11.5 Å². The molecule has 1 fully saturated rings. The number of hydrogen-bond acceptors (Lipinski definition) is 4. The quantitative estimate of drug-likeness (QED) is 0.875. The number of nitrogens with zero attached hydrogens (tertiary/aromatic N) is 1. The van der Waals surface area contributed by atoms with Crippen LogP contribution in [0.3, 0.4) is 0 Å². The summed E-state index contributed by atoms with van der Waals surface area (Å²) in [6.07, 6.45) is 3.51. The van der Waals surface area contributed by atoms with Gasteiger partial charge in [-0.05, 0) is 51.4 Å². The van der Waals surface area contributed by atoms with Crippen LogP contribution < -0.4 is 15.2 Å². The highest BCUT2D eigenvalue weighted by Gasteiger charge is 2.40. The van der Waals surface area contributed by atoms with E-state index < -0.39 is 0 Å². The van der Waals surface area contributed by atoms with Crippen LogP contribution in [0.4, 0.5) is 0 Å². The summed E-state index contributed by atoms with van der Waals surface area (Å²) in [4.78, 5) is 2.52. The van der Waals surface area contributed by atoms with Gasteiger partial charge in [-0.2, -0.15) is 0 Å². The van der Waals surface area contributed by atoms with Crippen LogP contribution in [0.25, 0.3) is 0 Å². The molecule has 2 N–H and O–H groups in total. The summed E-state index contributed by atoms with van der Waals surface area (Å²) in [5.74, 6) is 1.61. The minimum Gasteiger partial charge on any atom is -0.496 e. The summed E-state index contributed by atoms with van der Waals surface area (Å²) in [6, 6.07) is 5.70. The second-order valence-electron chi connectivity index (χ2n) is 5.96. The maximum Gasteiger partial charge on any atom is 0.127 e.